The van der Waals surface area contributed by atoms with Crippen molar-refractivity contribution in [2.24, 2.45) is 0 Å². The van der Waals surface area contributed by atoms with Crippen LogP contribution in [0, 0.1) is 35.0 Å². The Balaban J connectivity index is 1.28. The molecule has 0 saturated heterocycles. The SMILES string of the molecule is CCCCCCCCCCOc1cc(-c2c3nc(c(C#Cc4ccc(N(C)C)cc4)c4ccc([nH]4)c(-c4cc(OCCCCCCCCCC)c(OCCCCCCCCCC)c(OCCCCCCCCCC)c4)c4nc(c(C#Cc5ccc(C#N)cc5)c5ccc2[nH]5)C=C4)C=C3)cc(OCCCCCCCCCC)c1OCCCCCCCCCC. The van der Waals surface area contributed by atoms with Crippen LogP contribution in [-0.2, 0) is 0 Å². The quantitative estimate of drug-likeness (QED) is 0.0280. The van der Waals surface area contributed by atoms with Gasteiger partial charge in [0.2, 0.25) is 11.5 Å². The molecule has 5 heterocycles. The highest BCUT2D eigenvalue weighted by Crippen LogP contribution is 2.47. The number of H-pyrrole nitrogens is 2. The van der Waals surface area contributed by atoms with Crippen molar-refractivity contribution in [1.29, 1.82) is 5.26 Å². The molecule has 2 aliphatic rings. The molecular formula is C111H154N6O6. The van der Waals surface area contributed by atoms with Crippen LogP contribution in [0.1, 0.15) is 400 Å². The Morgan fingerprint density at radius 2 is 0.520 bits per heavy atom. The molecule has 0 aliphatic carbocycles. The van der Waals surface area contributed by atoms with Crippen molar-refractivity contribution in [2.45, 2.75) is 350 Å². The summed E-state index contributed by atoms with van der Waals surface area (Å²) in [5.74, 6) is 18.6. The summed E-state index contributed by atoms with van der Waals surface area (Å²) >= 11 is 0. The molecule has 0 radical (unpaired) electrons. The first-order valence-electron chi connectivity index (χ1n) is 49.3. The molecule has 9 rings (SSSR count). The van der Waals surface area contributed by atoms with Crippen molar-refractivity contribution in [3.05, 3.63) is 148 Å². The number of fused-ring (bicyclic) bond motifs is 8. The first-order chi connectivity index (χ1) is 60.7. The fraction of sp³-hybridized carbons (Fsp3) is 0.559. The third kappa shape index (κ3) is 34.3. The number of rotatable bonds is 63. The molecule has 4 aromatic carbocycles. The molecule has 0 amide bonds. The third-order valence-electron chi connectivity index (χ3n) is 23.9. The predicted octanol–water partition coefficient (Wildman–Crippen LogP) is 31.8. The van der Waals surface area contributed by atoms with Gasteiger partial charge in [-0.05, 0) is 171 Å². The van der Waals surface area contributed by atoms with Crippen LogP contribution in [0.4, 0.5) is 5.69 Å². The fourth-order valence-electron chi connectivity index (χ4n) is 16.5. The molecule has 12 heteroatoms. The Morgan fingerprint density at radius 1 is 0.276 bits per heavy atom. The van der Waals surface area contributed by atoms with Gasteiger partial charge in [-0.3, -0.25) is 0 Å². The van der Waals surface area contributed by atoms with Gasteiger partial charge in [0.1, 0.15) is 0 Å². The second-order valence-electron chi connectivity index (χ2n) is 34.7. The minimum absolute atomic E-state index is 0.545. The van der Waals surface area contributed by atoms with Gasteiger partial charge in [0.15, 0.2) is 23.0 Å². The number of aromatic nitrogens is 4. The van der Waals surface area contributed by atoms with Gasteiger partial charge < -0.3 is 43.3 Å². The monoisotopic (exact) mass is 1670 g/mol. The topological polar surface area (TPSA) is 140 Å². The number of unbranched alkanes of at least 4 members (excludes halogenated alkanes) is 42. The van der Waals surface area contributed by atoms with Gasteiger partial charge in [-0.1, -0.05) is 335 Å². The summed E-state index contributed by atoms with van der Waals surface area (Å²) in [6.07, 6.45) is 65.9. The van der Waals surface area contributed by atoms with Crippen LogP contribution in [0.3, 0.4) is 0 Å². The van der Waals surface area contributed by atoms with E-state index < -0.39 is 0 Å². The lowest BCUT2D eigenvalue weighted by molar-refractivity contribution is 0.234. The maximum Gasteiger partial charge on any atom is 0.203 e. The van der Waals surface area contributed by atoms with E-state index in [4.69, 9.17) is 38.4 Å². The van der Waals surface area contributed by atoms with Crippen LogP contribution in [0.15, 0.2) is 97.1 Å². The van der Waals surface area contributed by atoms with Crippen LogP contribution >= 0.6 is 0 Å². The minimum atomic E-state index is 0.545. The Kier molecular flexibility index (Phi) is 46.6. The molecule has 0 saturated carbocycles. The smallest absolute Gasteiger partial charge is 0.203 e. The highest BCUT2D eigenvalue weighted by molar-refractivity contribution is 5.96. The van der Waals surface area contributed by atoms with Gasteiger partial charge in [0.25, 0.3) is 0 Å². The molecule has 3 aromatic heterocycles. The van der Waals surface area contributed by atoms with Crippen molar-refractivity contribution in [1.82, 2.24) is 19.9 Å². The van der Waals surface area contributed by atoms with E-state index in [9.17, 15) is 5.26 Å². The average molecular weight is 1670 g/mol. The van der Waals surface area contributed by atoms with Crippen molar-refractivity contribution in [3.8, 4) is 86.5 Å². The molecule has 8 bridgehead atoms. The summed E-state index contributed by atoms with van der Waals surface area (Å²) in [5.41, 5.74) is 14.2. The van der Waals surface area contributed by atoms with Crippen molar-refractivity contribution in [2.75, 3.05) is 58.6 Å². The van der Waals surface area contributed by atoms with Crippen LogP contribution in [-0.4, -0.2) is 73.7 Å². The van der Waals surface area contributed by atoms with E-state index in [2.05, 4.69) is 197 Å². The van der Waals surface area contributed by atoms with Gasteiger partial charge in [-0.15, -0.1) is 0 Å². The van der Waals surface area contributed by atoms with Gasteiger partial charge in [0, 0.05) is 53.1 Å². The van der Waals surface area contributed by atoms with E-state index in [1.165, 1.54) is 231 Å². The highest BCUT2D eigenvalue weighted by Gasteiger charge is 2.25. The van der Waals surface area contributed by atoms with Crippen molar-refractivity contribution in [3.63, 3.8) is 0 Å². The van der Waals surface area contributed by atoms with Crippen LogP contribution < -0.4 is 33.3 Å². The van der Waals surface area contributed by atoms with Gasteiger partial charge in [0.05, 0.1) is 96.2 Å². The number of ether oxygens (including phenoxy) is 6. The van der Waals surface area contributed by atoms with Gasteiger partial charge in [-0.2, -0.15) is 5.26 Å². The zero-order chi connectivity index (χ0) is 86.4. The first kappa shape index (κ1) is 97.5. The molecule has 0 fully saturated rings. The van der Waals surface area contributed by atoms with E-state index in [1.807, 2.05) is 24.3 Å². The summed E-state index contributed by atoms with van der Waals surface area (Å²) in [4.78, 5) is 21.6. The first-order valence-corrected chi connectivity index (χ1v) is 49.3. The van der Waals surface area contributed by atoms with Gasteiger partial charge >= 0.3 is 0 Å². The van der Waals surface area contributed by atoms with Crippen LogP contribution in [0.5, 0.6) is 34.5 Å². The Labute approximate surface area is 743 Å². The third-order valence-corrected chi connectivity index (χ3v) is 23.9. The lowest BCUT2D eigenvalue weighted by Gasteiger charge is -2.19. The molecule has 0 spiro atoms. The normalized spacial score (nSPS) is 11.5. The molecule has 7 aromatic rings. The number of nitriles is 1. The molecule has 664 valence electrons. The van der Waals surface area contributed by atoms with Crippen LogP contribution in [0.2, 0.25) is 0 Å². The summed E-state index contributed by atoms with van der Waals surface area (Å²) in [7, 11) is 4.13. The molecule has 12 nitrogen and oxygen atoms in total. The second kappa shape index (κ2) is 58.7. The minimum Gasteiger partial charge on any atom is -0.490 e. The largest absolute Gasteiger partial charge is 0.490 e. The number of benzene rings is 4. The molecule has 2 N–H and O–H groups in total. The van der Waals surface area contributed by atoms with E-state index in [0.717, 1.165) is 155 Å². The van der Waals surface area contributed by atoms with E-state index in [-0.39, 0.29) is 0 Å². The standard InChI is InChI=1S/C111H154N6O6/c1-9-15-21-27-33-39-45-51-77-118-104-83-91(84-105(119-78-52-46-40-34-28-22-16-10-2)110(104)122-81-55-49-43-37-31-25-19-13-5)108-100-73-69-96(113-100)94(67-63-88-57-59-90(87-112)60-58-88)97-70-74-101(114-97)109(103-76-72-99(116-103)95(98-71-75-102(108)115-98)68-64-89-61-65-93(66-62-89)117(7)8)92-85-106(120-79-53-47-41-35-29-23-17-11-3)111(123-82-56-50-44-38-32-26-20-14-6)107(86-92)121-80-54-48-42-36-30-24-18-12-4/h57-62,65-66,69-76,83-86,113,116H,9-56,77-82H2,1-8H3. The zero-order valence-electron chi connectivity index (χ0n) is 77.5. The number of nitrogens with zero attached hydrogens (tertiary/aromatic N) is 4. The highest BCUT2D eigenvalue weighted by atomic mass is 16.5. The zero-order valence-corrected chi connectivity index (χ0v) is 77.5. The lowest BCUT2D eigenvalue weighted by Crippen LogP contribution is -2.07. The Bertz CT molecular complexity index is 4410. The Hall–Kier alpha value is -9.31. The number of nitrogens with one attached hydrogen (secondary N) is 2. The second-order valence-corrected chi connectivity index (χ2v) is 34.7. The number of hydrogen-bond acceptors (Lipinski definition) is 10. The maximum absolute atomic E-state index is 9.94. The van der Waals surface area contributed by atoms with Crippen molar-refractivity contribution >= 4 is 52.1 Å². The summed E-state index contributed by atoms with van der Waals surface area (Å²) in [6.45, 7) is 17.0. The summed E-state index contributed by atoms with van der Waals surface area (Å²) in [6, 6.07) is 35.5. The van der Waals surface area contributed by atoms with E-state index in [0.29, 0.717) is 96.7 Å². The predicted molar refractivity (Wildman–Crippen MR) is 522 cm³/mol. The van der Waals surface area contributed by atoms with E-state index in [1.54, 1.807) is 0 Å². The fourth-order valence-corrected chi connectivity index (χ4v) is 16.5. The number of hydrogen-bond donors (Lipinski definition) is 2. The van der Waals surface area contributed by atoms with Crippen molar-refractivity contribution < 1.29 is 28.4 Å². The van der Waals surface area contributed by atoms with E-state index >= 15 is 0 Å². The lowest BCUT2D eigenvalue weighted by atomic mass is 10.0. The molecule has 2 aliphatic heterocycles. The maximum atomic E-state index is 9.94. The molecule has 0 atom stereocenters. The molecule has 0 unspecified atom stereocenters. The molecule has 123 heavy (non-hydrogen) atoms. The summed E-state index contributed by atoms with van der Waals surface area (Å²) < 4.78 is 42.6. The van der Waals surface area contributed by atoms with Gasteiger partial charge in [-0.25, -0.2) is 9.97 Å². The average Bonchev–Trinajstić information content (AvgIpc) is 1.63. The number of anilines is 1. The molecular weight excluding hydrogens is 1510 g/mol. The number of aromatic amines is 2. The Morgan fingerprint density at radius 3 is 0.797 bits per heavy atom. The summed E-state index contributed by atoms with van der Waals surface area (Å²) in [5, 5.41) is 9.94. The van der Waals surface area contributed by atoms with Crippen LogP contribution in [0.25, 0.3) is 68.6 Å².